The Kier molecular flexibility index (Phi) is 11.7. The average Bonchev–Trinajstić information content (AvgIpc) is 3.27. The average molecular weight is 506 g/mol. The molecule has 1 saturated heterocycles. The summed E-state index contributed by atoms with van der Waals surface area (Å²) in [5.74, 6) is 0.818. The van der Waals surface area contributed by atoms with E-state index < -0.39 is 6.10 Å². The summed E-state index contributed by atoms with van der Waals surface area (Å²) in [6.45, 7) is 13.5. The van der Waals surface area contributed by atoms with Crippen LogP contribution in [0.2, 0.25) is 0 Å². The summed E-state index contributed by atoms with van der Waals surface area (Å²) in [5, 5.41) is 16.1. The lowest BCUT2D eigenvalue weighted by Gasteiger charge is -2.26. The van der Waals surface area contributed by atoms with Crippen LogP contribution >= 0.6 is 15.9 Å². The van der Waals surface area contributed by atoms with Crippen LogP contribution in [0.25, 0.3) is 10.9 Å². The van der Waals surface area contributed by atoms with E-state index in [0.29, 0.717) is 13.2 Å². The maximum absolute atomic E-state index is 10.6. The first-order valence-electron chi connectivity index (χ1n) is 11.5. The molecule has 0 radical (unpaired) electrons. The van der Waals surface area contributed by atoms with Crippen molar-refractivity contribution >= 4 is 26.8 Å². The lowest BCUT2D eigenvalue weighted by Crippen LogP contribution is -2.38. The molecule has 1 fully saturated rings. The Morgan fingerprint density at radius 1 is 1.06 bits per heavy atom. The number of morpholine rings is 1. The molecule has 2 aromatic carbocycles. The van der Waals surface area contributed by atoms with Gasteiger partial charge in [0.15, 0.2) is 0 Å². The van der Waals surface area contributed by atoms with Gasteiger partial charge in [0.05, 0.1) is 31.4 Å². The Hall–Kier alpha value is -1.93. The fourth-order valence-corrected chi connectivity index (χ4v) is 3.79. The molecule has 0 saturated carbocycles. The first-order valence-corrected chi connectivity index (χ1v) is 12.3. The first-order chi connectivity index (χ1) is 15.7. The second-order valence-corrected chi connectivity index (χ2v) is 7.77. The van der Waals surface area contributed by atoms with Crippen LogP contribution in [0.15, 0.2) is 53.1 Å². The van der Waals surface area contributed by atoms with E-state index in [1.807, 2.05) is 76.4 Å². The molecule has 1 aliphatic rings. The second-order valence-electron chi connectivity index (χ2n) is 6.91. The monoisotopic (exact) mass is 505 g/mol. The molecule has 4 rings (SSSR count). The highest BCUT2D eigenvalue weighted by molar-refractivity contribution is 9.10. The SMILES string of the molecule is CC.CC.O[C@@H](Cn1cc2c(Br)cccc2n1)c1ccc(OCCN2CCOCC2)cc1. The standard InChI is InChI=1S/C21H24BrN3O3.2C2H6/c22-19-2-1-3-20-18(19)14-25(23-20)15-21(26)16-4-6-17(7-5-16)28-13-10-24-8-11-27-12-9-24;2*1-2/h1-7,14,21,26H,8-13,15H2;2*1-2H3/t21-;;/m0../s1. The van der Waals surface area contributed by atoms with Crippen molar-refractivity contribution in [3.63, 3.8) is 0 Å². The molecule has 1 atom stereocenters. The number of aromatic nitrogens is 2. The third kappa shape index (κ3) is 7.59. The summed E-state index contributed by atoms with van der Waals surface area (Å²) in [6, 6.07) is 13.6. The molecule has 0 aliphatic carbocycles. The molecule has 3 aromatic rings. The first kappa shape index (κ1) is 26.3. The minimum atomic E-state index is -0.629. The van der Waals surface area contributed by atoms with Crippen LogP contribution in [0.4, 0.5) is 0 Å². The molecular weight excluding hydrogens is 470 g/mol. The summed E-state index contributed by atoms with van der Waals surface area (Å²) < 4.78 is 14.0. The Bertz CT molecular complexity index is 908. The zero-order valence-electron chi connectivity index (χ0n) is 19.6. The van der Waals surface area contributed by atoms with Crippen LogP contribution < -0.4 is 4.74 Å². The van der Waals surface area contributed by atoms with Gasteiger partial charge in [-0.1, -0.05) is 61.8 Å². The molecule has 176 valence electrons. The van der Waals surface area contributed by atoms with Gasteiger partial charge in [-0.3, -0.25) is 9.58 Å². The third-order valence-electron chi connectivity index (χ3n) is 4.95. The van der Waals surface area contributed by atoms with E-state index in [1.54, 1.807) is 4.68 Å². The predicted octanol–water partition coefficient (Wildman–Crippen LogP) is 5.30. The highest BCUT2D eigenvalue weighted by Crippen LogP contribution is 2.24. The van der Waals surface area contributed by atoms with E-state index in [1.165, 1.54) is 0 Å². The summed E-state index contributed by atoms with van der Waals surface area (Å²) in [4.78, 5) is 2.34. The van der Waals surface area contributed by atoms with Gasteiger partial charge in [-0.2, -0.15) is 5.10 Å². The molecule has 0 spiro atoms. The largest absolute Gasteiger partial charge is 0.492 e. The van der Waals surface area contributed by atoms with E-state index in [-0.39, 0.29) is 0 Å². The number of rotatable bonds is 7. The topological polar surface area (TPSA) is 59.8 Å². The number of hydrogen-bond donors (Lipinski definition) is 1. The van der Waals surface area contributed by atoms with E-state index >= 15 is 0 Å². The van der Waals surface area contributed by atoms with Gasteiger partial charge in [-0.05, 0) is 29.8 Å². The number of benzene rings is 2. The third-order valence-corrected chi connectivity index (χ3v) is 5.64. The van der Waals surface area contributed by atoms with Crippen molar-refractivity contribution in [2.45, 2.75) is 40.3 Å². The summed E-state index contributed by atoms with van der Waals surface area (Å²) in [7, 11) is 0. The molecule has 2 heterocycles. The minimum Gasteiger partial charge on any atom is -0.492 e. The fraction of sp³-hybridized carbons (Fsp3) is 0.480. The van der Waals surface area contributed by atoms with Gasteiger partial charge in [0.1, 0.15) is 12.4 Å². The molecule has 7 heteroatoms. The van der Waals surface area contributed by atoms with Crippen LogP contribution in [-0.2, 0) is 11.3 Å². The maximum atomic E-state index is 10.6. The van der Waals surface area contributed by atoms with E-state index in [0.717, 1.165) is 59.5 Å². The van der Waals surface area contributed by atoms with Crippen LogP contribution in [0.5, 0.6) is 5.75 Å². The van der Waals surface area contributed by atoms with Gasteiger partial charge in [-0.15, -0.1) is 0 Å². The van der Waals surface area contributed by atoms with Crippen molar-refractivity contribution in [1.82, 2.24) is 14.7 Å². The minimum absolute atomic E-state index is 0.401. The highest BCUT2D eigenvalue weighted by Gasteiger charge is 2.12. The number of hydrogen-bond acceptors (Lipinski definition) is 5. The number of ether oxygens (including phenoxy) is 2. The van der Waals surface area contributed by atoms with Crippen molar-refractivity contribution in [3.8, 4) is 5.75 Å². The fourth-order valence-electron chi connectivity index (χ4n) is 3.34. The molecule has 0 unspecified atom stereocenters. The molecule has 1 aromatic heterocycles. The highest BCUT2D eigenvalue weighted by atomic mass is 79.9. The molecule has 6 nitrogen and oxygen atoms in total. The van der Waals surface area contributed by atoms with E-state index in [2.05, 4.69) is 25.9 Å². The lowest BCUT2D eigenvalue weighted by atomic mass is 10.1. The van der Waals surface area contributed by atoms with Gasteiger partial charge < -0.3 is 14.6 Å². The zero-order chi connectivity index (χ0) is 23.3. The molecule has 1 aliphatic heterocycles. The number of fused-ring (bicyclic) bond motifs is 1. The van der Waals surface area contributed by atoms with Crippen LogP contribution in [0.3, 0.4) is 0 Å². The van der Waals surface area contributed by atoms with Gasteiger partial charge in [0.25, 0.3) is 0 Å². The summed E-state index contributed by atoms with van der Waals surface area (Å²) >= 11 is 3.54. The molecular formula is C25H36BrN3O3. The van der Waals surface area contributed by atoms with Gasteiger partial charge >= 0.3 is 0 Å². The number of aliphatic hydroxyl groups excluding tert-OH is 1. The Labute approximate surface area is 200 Å². The summed E-state index contributed by atoms with van der Waals surface area (Å²) in [6.07, 6.45) is 1.32. The molecule has 32 heavy (non-hydrogen) atoms. The lowest BCUT2D eigenvalue weighted by molar-refractivity contribution is 0.0322. The van der Waals surface area contributed by atoms with Crippen LogP contribution in [0, 0.1) is 0 Å². The van der Waals surface area contributed by atoms with Crippen molar-refractivity contribution in [2.24, 2.45) is 0 Å². The smallest absolute Gasteiger partial charge is 0.119 e. The molecule has 0 bridgehead atoms. The number of halogens is 1. The van der Waals surface area contributed by atoms with Crippen molar-refractivity contribution in [2.75, 3.05) is 39.5 Å². The second kappa shape index (κ2) is 14.3. The Morgan fingerprint density at radius 3 is 2.41 bits per heavy atom. The molecule has 1 N–H and O–H groups in total. The Balaban J connectivity index is 0.000000860. The normalized spacial score (nSPS) is 14.7. The van der Waals surface area contributed by atoms with Gasteiger partial charge in [0, 0.05) is 35.7 Å². The molecule has 0 amide bonds. The van der Waals surface area contributed by atoms with Gasteiger partial charge in [0.2, 0.25) is 0 Å². The van der Waals surface area contributed by atoms with E-state index in [9.17, 15) is 5.11 Å². The van der Waals surface area contributed by atoms with Crippen molar-refractivity contribution < 1.29 is 14.6 Å². The van der Waals surface area contributed by atoms with Crippen LogP contribution in [-0.4, -0.2) is 59.2 Å². The van der Waals surface area contributed by atoms with Crippen molar-refractivity contribution in [3.05, 3.63) is 58.7 Å². The number of aliphatic hydroxyl groups is 1. The van der Waals surface area contributed by atoms with Crippen molar-refractivity contribution in [1.29, 1.82) is 0 Å². The number of nitrogens with zero attached hydrogens (tertiary/aromatic N) is 3. The predicted molar refractivity (Wildman–Crippen MR) is 134 cm³/mol. The quantitative estimate of drug-likeness (QED) is 0.472. The van der Waals surface area contributed by atoms with Crippen LogP contribution in [0.1, 0.15) is 39.4 Å². The van der Waals surface area contributed by atoms with E-state index in [4.69, 9.17) is 9.47 Å². The zero-order valence-corrected chi connectivity index (χ0v) is 21.2. The maximum Gasteiger partial charge on any atom is 0.119 e. The van der Waals surface area contributed by atoms with Gasteiger partial charge in [-0.25, -0.2) is 0 Å². The summed E-state index contributed by atoms with van der Waals surface area (Å²) in [5.41, 5.74) is 1.75. The Morgan fingerprint density at radius 2 is 1.75 bits per heavy atom.